The molecule has 35 heavy (non-hydrogen) atoms. The van der Waals surface area contributed by atoms with Crippen molar-refractivity contribution < 1.29 is 9.18 Å². The van der Waals surface area contributed by atoms with Gasteiger partial charge in [-0.05, 0) is 47.7 Å². The van der Waals surface area contributed by atoms with E-state index in [1.807, 2.05) is 18.2 Å². The molecule has 0 unspecified atom stereocenters. The molecule has 1 saturated heterocycles. The number of rotatable bonds is 5. The minimum absolute atomic E-state index is 0.161. The number of benzene rings is 2. The molecule has 1 amide bonds. The predicted octanol–water partition coefficient (Wildman–Crippen LogP) is 3.01. The van der Waals surface area contributed by atoms with Crippen molar-refractivity contribution in [2.24, 2.45) is 0 Å². The number of halogens is 1. The summed E-state index contributed by atoms with van der Waals surface area (Å²) >= 11 is 1.22. The normalized spacial score (nSPS) is 14.5. The van der Waals surface area contributed by atoms with Gasteiger partial charge in [0.25, 0.3) is 5.56 Å². The Hall–Kier alpha value is -3.56. The van der Waals surface area contributed by atoms with E-state index in [9.17, 15) is 18.8 Å². The zero-order valence-electron chi connectivity index (χ0n) is 19.3. The van der Waals surface area contributed by atoms with E-state index >= 15 is 0 Å². The Labute approximate surface area is 205 Å². The van der Waals surface area contributed by atoms with Gasteiger partial charge in [0.1, 0.15) is 17.1 Å². The van der Waals surface area contributed by atoms with Crippen LogP contribution in [0.15, 0.2) is 69.6 Å². The minimum atomic E-state index is -0.608. The molecule has 0 saturated carbocycles. The third-order valence-corrected chi connectivity index (χ3v) is 7.31. The summed E-state index contributed by atoms with van der Waals surface area (Å²) < 4.78 is 16.6. The highest BCUT2D eigenvalue weighted by Crippen LogP contribution is 2.18. The average Bonchev–Trinajstić information content (AvgIpc) is 3.35. The van der Waals surface area contributed by atoms with Gasteiger partial charge in [-0.3, -0.25) is 19.1 Å². The first-order valence-electron chi connectivity index (χ1n) is 11.5. The van der Waals surface area contributed by atoms with Crippen LogP contribution < -0.4 is 11.2 Å². The summed E-state index contributed by atoms with van der Waals surface area (Å²) in [5, 5.41) is 1.73. The van der Waals surface area contributed by atoms with E-state index in [2.05, 4.69) is 17.0 Å². The maximum absolute atomic E-state index is 13.8. The number of piperazine rings is 1. The number of aryl methyl sites for hydroxylation is 1. The van der Waals surface area contributed by atoms with E-state index in [0.717, 1.165) is 24.2 Å². The molecule has 0 N–H and O–H groups in total. The fourth-order valence-electron chi connectivity index (χ4n) is 4.47. The smallest absolute Gasteiger partial charge is 0.336 e. The highest BCUT2D eigenvalue weighted by atomic mass is 32.1. The molecule has 0 atom stereocenters. The average molecular weight is 493 g/mol. The lowest BCUT2D eigenvalue weighted by Gasteiger charge is -2.35. The number of hydrogen-bond acceptors (Lipinski definition) is 5. The zero-order chi connectivity index (χ0) is 24.5. The Balaban J connectivity index is 1.39. The SMILES string of the molecule is Cc1cc(-n2c(=O)c3sccc3n(CC(=O)N3CCN(Cc4ccccc4)CC3)c2=O)ccc1F. The van der Waals surface area contributed by atoms with Crippen molar-refractivity contribution in [3.8, 4) is 5.69 Å². The summed E-state index contributed by atoms with van der Waals surface area (Å²) in [6.07, 6.45) is 0. The summed E-state index contributed by atoms with van der Waals surface area (Å²) in [6.45, 7) is 4.89. The van der Waals surface area contributed by atoms with E-state index < -0.39 is 17.1 Å². The second-order valence-electron chi connectivity index (χ2n) is 8.72. The topological polar surface area (TPSA) is 67.6 Å². The van der Waals surface area contributed by atoms with Crippen molar-refractivity contribution in [2.45, 2.75) is 20.0 Å². The number of carbonyl (C=O) groups excluding carboxylic acids is 1. The monoisotopic (exact) mass is 492 g/mol. The number of hydrogen-bond donors (Lipinski definition) is 0. The third kappa shape index (κ3) is 4.56. The molecule has 9 heteroatoms. The first-order chi connectivity index (χ1) is 16.9. The predicted molar refractivity (Wildman–Crippen MR) is 135 cm³/mol. The van der Waals surface area contributed by atoms with E-state index in [-0.39, 0.29) is 18.1 Å². The largest absolute Gasteiger partial charge is 0.339 e. The molecule has 2 aromatic heterocycles. The van der Waals surface area contributed by atoms with E-state index in [1.54, 1.807) is 23.3 Å². The maximum atomic E-state index is 13.8. The Morgan fingerprint density at radius 2 is 1.74 bits per heavy atom. The van der Waals surface area contributed by atoms with Gasteiger partial charge in [-0.2, -0.15) is 0 Å². The maximum Gasteiger partial charge on any atom is 0.336 e. The molecular formula is C26H25FN4O3S. The van der Waals surface area contributed by atoms with E-state index in [1.165, 1.54) is 39.7 Å². The van der Waals surface area contributed by atoms with Gasteiger partial charge in [0.15, 0.2) is 0 Å². The molecule has 0 radical (unpaired) electrons. The van der Waals surface area contributed by atoms with Crippen molar-refractivity contribution in [1.82, 2.24) is 18.9 Å². The summed E-state index contributed by atoms with van der Waals surface area (Å²) in [5.41, 5.74) is 1.21. The number of thiophene rings is 1. The van der Waals surface area contributed by atoms with Crippen LogP contribution in [-0.4, -0.2) is 51.0 Å². The molecule has 2 aromatic carbocycles. The molecule has 3 heterocycles. The highest BCUT2D eigenvalue weighted by molar-refractivity contribution is 7.17. The van der Waals surface area contributed by atoms with Crippen molar-refractivity contribution in [1.29, 1.82) is 0 Å². The van der Waals surface area contributed by atoms with Gasteiger partial charge >= 0.3 is 5.69 Å². The van der Waals surface area contributed by atoms with Crippen LogP contribution in [0.5, 0.6) is 0 Å². The lowest BCUT2D eigenvalue weighted by Crippen LogP contribution is -2.50. The van der Waals surface area contributed by atoms with Gasteiger partial charge in [0.2, 0.25) is 5.91 Å². The summed E-state index contributed by atoms with van der Waals surface area (Å²) in [5.74, 6) is -0.583. The molecule has 7 nitrogen and oxygen atoms in total. The Bertz CT molecular complexity index is 1500. The van der Waals surface area contributed by atoms with Gasteiger partial charge in [-0.25, -0.2) is 13.8 Å². The molecule has 0 spiro atoms. The first kappa shape index (κ1) is 23.2. The standard InChI is InChI=1S/C26H25FN4O3S/c1-18-15-20(7-8-21(18)27)31-25(33)24-22(9-14-35-24)30(26(31)34)17-23(32)29-12-10-28(11-13-29)16-19-5-3-2-4-6-19/h2-9,14-15H,10-13,16-17H2,1H3. The Morgan fingerprint density at radius 3 is 2.46 bits per heavy atom. The molecule has 0 bridgehead atoms. The molecular weight excluding hydrogens is 467 g/mol. The zero-order valence-corrected chi connectivity index (χ0v) is 20.1. The molecule has 1 aliphatic rings. The van der Waals surface area contributed by atoms with Gasteiger partial charge < -0.3 is 4.90 Å². The van der Waals surface area contributed by atoms with Crippen molar-refractivity contribution in [3.05, 3.63) is 97.8 Å². The number of fused-ring (bicyclic) bond motifs is 1. The lowest BCUT2D eigenvalue weighted by molar-refractivity contribution is -0.133. The van der Waals surface area contributed by atoms with Crippen LogP contribution in [0.25, 0.3) is 15.9 Å². The fraction of sp³-hybridized carbons (Fsp3) is 0.269. The van der Waals surface area contributed by atoms with E-state index in [4.69, 9.17) is 0 Å². The summed E-state index contributed by atoms with van der Waals surface area (Å²) in [7, 11) is 0. The quantitative estimate of drug-likeness (QED) is 0.430. The molecule has 5 rings (SSSR count). The number of carbonyl (C=O) groups is 1. The number of nitrogens with zero attached hydrogens (tertiary/aromatic N) is 4. The Morgan fingerprint density at radius 1 is 1.00 bits per heavy atom. The van der Waals surface area contributed by atoms with Gasteiger partial charge in [0, 0.05) is 32.7 Å². The van der Waals surface area contributed by atoms with E-state index in [0.29, 0.717) is 28.9 Å². The highest BCUT2D eigenvalue weighted by Gasteiger charge is 2.24. The third-order valence-electron chi connectivity index (χ3n) is 6.42. The van der Waals surface area contributed by atoms with Gasteiger partial charge in [-0.1, -0.05) is 30.3 Å². The van der Waals surface area contributed by atoms with Crippen LogP contribution in [0.2, 0.25) is 0 Å². The molecule has 0 aliphatic carbocycles. The Kier molecular flexibility index (Phi) is 6.36. The molecule has 1 aliphatic heterocycles. The number of amides is 1. The second kappa shape index (κ2) is 9.59. The first-order valence-corrected chi connectivity index (χ1v) is 12.3. The van der Waals surface area contributed by atoms with Crippen LogP contribution in [-0.2, 0) is 17.9 Å². The van der Waals surface area contributed by atoms with Crippen molar-refractivity contribution in [3.63, 3.8) is 0 Å². The van der Waals surface area contributed by atoms with Crippen LogP contribution in [0.1, 0.15) is 11.1 Å². The second-order valence-corrected chi connectivity index (χ2v) is 9.64. The minimum Gasteiger partial charge on any atom is -0.339 e. The van der Waals surface area contributed by atoms with Crippen LogP contribution in [0.4, 0.5) is 4.39 Å². The van der Waals surface area contributed by atoms with Crippen LogP contribution in [0, 0.1) is 12.7 Å². The fourth-order valence-corrected chi connectivity index (χ4v) is 5.29. The lowest BCUT2D eigenvalue weighted by atomic mass is 10.2. The van der Waals surface area contributed by atoms with Crippen LogP contribution in [0.3, 0.4) is 0 Å². The van der Waals surface area contributed by atoms with Crippen molar-refractivity contribution in [2.75, 3.05) is 26.2 Å². The summed E-state index contributed by atoms with van der Waals surface area (Å²) in [6, 6.07) is 16.0. The van der Waals surface area contributed by atoms with Crippen LogP contribution >= 0.6 is 11.3 Å². The molecule has 4 aromatic rings. The van der Waals surface area contributed by atoms with Gasteiger partial charge in [-0.15, -0.1) is 11.3 Å². The molecule has 180 valence electrons. The summed E-state index contributed by atoms with van der Waals surface area (Å²) in [4.78, 5) is 43.8. The number of aromatic nitrogens is 2. The molecule has 1 fully saturated rings. The van der Waals surface area contributed by atoms with Gasteiger partial charge in [0.05, 0.1) is 11.2 Å². The van der Waals surface area contributed by atoms with Crippen molar-refractivity contribution >= 4 is 27.5 Å².